The summed E-state index contributed by atoms with van der Waals surface area (Å²) in [6.45, 7) is 1.88. The fraction of sp³-hybridized carbons (Fsp3) is 0.154. The van der Waals surface area contributed by atoms with E-state index in [-0.39, 0.29) is 23.8 Å². The summed E-state index contributed by atoms with van der Waals surface area (Å²) in [5.41, 5.74) is 3.64. The van der Waals surface area contributed by atoms with Gasteiger partial charge in [-0.3, -0.25) is 4.79 Å². The number of aromatic hydroxyl groups is 2. The number of hydrogen-bond acceptors (Lipinski definition) is 6. The Balaban J connectivity index is 1.89. The van der Waals surface area contributed by atoms with Crippen molar-refractivity contribution in [2.45, 2.75) is 13.3 Å². The van der Waals surface area contributed by atoms with E-state index in [2.05, 4.69) is 15.5 Å². The molecule has 2 aromatic rings. The third-order valence-electron chi connectivity index (χ3n) is 2.41. The number of phenols is 2. The fourth-order valence-corrected chi connectivity index (χ4v) is 2.11. The minimum atomic E-state index is -0.269. The lowest BCUT2D eigenvalue weighted by Gasteiger charge is -1.99. The molecule has 7 heteroatoms. The molecule has 1 amide bonds. The van der Waals surface area contributed by atoms with Gasteiger partial charge in [0.15, 0.2) is 11.5 Å². The first-order chi connectivity index (χ1) is 9.54. The van der Waals surface area contributed by atoms with Crippen LogP contribution in [-0.2, 0) is 11.2 Å². The van der Waals surface area contributed by atoms with Gasteiger partial charge in [-0.25, -0.2) is 10.4 Å². The number of carbonyl (C=O) groups excluding carboxylic acids is 1. The van der Waals surface area contributed by atoms with Crippen LogP contribution in [0, 0.1) is 6.92 Å². The van der Waals surface area contributed by atoms with Gasteiger partial charge < -0.3 is 10.2 Å². The second-order valence-corrected chi connectivity index (χ2v) is 5.14. The molecule has 0 aliphatic rings. The topological polar surface area (TPSA) is 94.8 Å². The van der Waals surface area contributed by atoms with Gasteiger partial charge in [0.25, 0.3) is 0 Å². The zero-order valence-electron chi connectivity index (χ0n) is 10.7. The van der Waals surface area contributed by atoms with Crippen LogP contribution < -0.4 is 5.43 Å². The van der Waals surface area contributed by atoms with Crippen molar-refractivity contribution in [1.82, 2.24) is 10.4 Å². The van der Waals surface area contributed by atoms with Crippen molar-refractivity contribution in [2.24, 2.45) is 5.10 Å². The Labute approximate surface area is 119 Å². The average molecular weight is 291 g/mol. The molecule has 0 radical (unpaired) electrons. The van der Waals surface area contributed by atoms with E-state index >= 15 is 0 Å². The highest BCUT2D eigenvalue weighted by molar-refractivity contribution is 7.09. The van der Waals surface area contributed by atoms with Gasteiger partial charge in [-0.2, -0.15) is 5.10 Å². The molecule has 0 spiro atoms. The molecule has 2 rings (SSSR count). The average Bonchev–Trinajstić information content (AvgIpc) is 2.79. The minimum absolute atomic E-state index is 0.169. The molecule has 20 heavy (non-hydrogen) atoms. The molecule has 3 N–H and O–H groups in total. The summed E-state index contributed by atoms with van der Waals surface area (Å²) >= 11 is 1.49. The third kappa shape index (κ3) is 3.79. The molecule has 0 saturated heterocycles. The van der Waals surface area contributed by atoms with Gasteiger partial charge in [0, 0.05) is 5.38 Å². The molecule has 0 unspecified atom stereocenters. The molecule has 104 valence electrons. The Morgan fingerprint density at radius 2 is 2.25 bits per heavy atom. The minimum Gasteiger partial charge on any atom is -0.504 e. The van der Waals surface area contributed by atoms with E-state index in [0.29, 0.717) is 11.3 Å². The Morgan fingerprint density at radius 1 is 1.45 bits per heavy atom. The lowest BCUT2D eigenvalue weighted by Crippen LogP contribution is -2.19. The summed E-state index contributed by atoms with van der Waals surface area (Å²) < 4.78 is 0. The molecule has 1 aromatic heterocycles. The van der Waals surface area contributed by atoms with Gasteiger partial charge in [-0.1, -0.05) is 0 Å². The number of nitrogens with one attached hydrogen (secondary N) is 1. The van der Waals surface area contributed by atoms with E-state index in [0.717, 1.165) is 5.01 Å². The largest absolute Gasteiger partial charge is 0.504 e. The maximum absolute atomic E-state index is 11.6. The smallest absolute Gasteiger partial charge is 0.246 e. The van der Waals surface area contributed by atoms with Crippen molar-refractivity contribution in [1.29, 1.82) is 0 Å². The molecule has 1 heterocycles. The maximum Gasteiger partial charge on any atom is 0.246 e. The van der Waals surface area contributed by atoms with E-state index in [1.807, 2.05) is 12.3 Å². The van der Waals surface area contributed by atoms with Crippen LogP contribution in [0.1, 0.15) is 16.3 Å². The number of thiazole rings is 1. The first kappa shape index (κ1) is 14.0. The predicted molar refractivity (Wildman–Crippen MR) is 76.1 cm³/mol. The Hall–Kier alpha value is -2.41. The molecule has 0 aliphatic heterocycles. The van der Waals surface area contributed by atoms with Crippen molar-refractivity contribution in [3.05, 3.63) is 39.8 Å². The van der Waals surface area contributed by atoms with E-state index < -0.39 is 0 Å². The number of benzene rings is 1. The summed E-state index contributed by atoms with van der Waals surface area (Å²) in [6.07, 6.45) is 1.55. The molecule has 0 fully saturated rings. The van der Waals surface area contributed by atoms with Crippen molar-refractivity contribution in [3.8, 4) is 11.5 Å². The number of hydrazone groups is 1. The summed E-state index contributed by atoms with van der Waals surface area (Å²) in [4.78, 5) is 15.8. The molecular weight excluding hydrogens is 278 g/mol. The highest BCUT2D eigenvalue weighted by atomic mass is 32.1. The van der Waals surface area contributed by atoms with E-state index in [1.165, 1.54) is 29.7 Å². The first-order valence-electron chi connectivity index (χ1n) is 5.79. The van der Waals surface area contributed by atoms with Gasteiger partial charge in [0.1, 0.15) is 0 Å². The number of rotatable bonds is 4. The molecule has 0 bridgehead atoms. The van der Waals surface area contributed by atoms with Crippen LogP contribution in [0.25, 0.3) is 0 Å². The highest BCUT2D eigenvalue weighted by Crippen LogP contribution is 2.23. The van der Waals surface area contributed by atoms with Crippen LogP contribution in [-0.4, -0.2) is 27.3 Å². The van der Waals surface area contributed by atoms with Gasteiger partial charge >= 0.3 is 0 Å². The Bertz CT molecular complexity index is 652. The molecular formula is C13H13N3O3S. The number of phenolic OH excluding ortho intramolecular Hbond substituents is 2. The van der Waals surface area contributed by atoms with Crippen molar-refractivity contribution < 1.29 is 15.0 Å². The number of nitrogens with zero attached hydrogens (tertiary/aromatic N) is 2. The number of aryl methyl sites for hydroxylation is 1. The van der Waals surface area contributed by atoms with Crippen LogP contribution in [0.4, 0.5) is 0 Å². The quantitative estimate of drug-likeness (QED) is 0.452. The summed E-state index contributed by atoms with van der Waals surface area (Å²) in [6, 6.07) is 4.25. The maximum atomic E-state index is 11.6. The normalized spacial score (nSPS) is 10.8. The zero-order chi connectivity index (χ0) is 14.5. The van der Waals surface area contributed by atoms with Gasteiger partial charge in [0.05, 0.1) is 23.3 Å². The Kier molecular flexibility index (Phi) is 4.31. The second kappa shape index (κ2) is 6.16. The standard InChI is InChI=1S/C13H13N3O3S/c1-8-15-10(7-20-8)5-13(19)16-14-6-9-2-3-11(17)12(18)4-9/h2-4,6-7,17-18H,5H2,1H3,(H,16,19)/b14-6+. The van der Waals surface area contributed by atoms with E-state index in [9.17, 15) is 9.90 Å². The lowest BCUT2D eigenvalue weighted by molar-refractivity contribution is -0.120. The lowest BCUT2D eigenvalue weighted by atomic mass is 10.2. The SMILES string of the molecule is Cc1nc(CC(=O)N/N=C/c2ccc(O)c(O)c2)cs1. The van der Waals surface area contributed by atoms with Gasteiger partial charge in [-0.05, 0) is 30.7 Å². The van der Waals surface area contributed by atoms with Crippen molar-refractivity contribution >= 4 is 23.5 Å². The van der Waals surface area contributed by atoms with E-state index in [1.54, 1.807) is 6.07 Å². The summed E-state index contributed by atoms with van der Waals surface area (Å²) in [5.74, 6) is -0.710. The molecule has 0 atom stereocenters. The predicted octanol–water partition coefficient (Wildman–Crippen LogP) is 1.56. The number of hydrogen-bond donors (Lipinski definition) is 3. The van der Waals surface area contributed by atoms with Crippen LogP contribution >= 0.6 is 11.3 Å². The molecule has 1 aromatic carbocycles. The molecule has 0 saturated carbocycles. The third-order valence-corrected chi connectivity index (χ3v) is 3.23. The van der Waals surface area contributed by atoms with Gasteiger partial charge in [-0.15, -0.1) is 11.3 Å². The van der Waals surface area contributed by atoms with Crippen LogP contribution in [0.5, 0.6) is 11.5 Å². The van der Waals surface area contributed by atoms with Crippen LogP contribution in [0.15, 0.2) is 28.7 Å². The van der Waals surface area contributed by atoms with Gasteiger partial charge in [0.2, 0.25) is 5.91 Å². The Morgan fingerprint density at radius 3 is 2.90 bits per heavy atom. The first-order valence-corrected chi connectivity index (χ1v) is 6.67. The zero-order valence-corrected chi connectivity index (χ0v) is 11.5. The van der Waals surface area contributed by atoms with Crippen LogP contribution in [0.2, 0.25) is 0 Å². The molecule has 0 aliphatic carbocycles. The molecule has 6 nitrogen and oxygen atoms in total. The van der Waals surface area contributed by atoms with Crippen molar-refractivity contribution in [2.75, 3.05) is 0 Å². The summed E-state index contributed by atoms with van der Waals surface area (Å²) in [7, 11) is 0. The number of aromatic nitrogens is 1. The summed E-state index contributed by atoms with van der Waals surface area (Å²) in [5, 5.41) is 25.0. The van der Waals surface area contributed by atoms with E-state index in [4.69, 9.17) is 5.11 Å². The highest BCUT2D eigenvalue weighted by Gasteiger charge is 2.05. The number of amides is 1. The van der Waals surface area contributed by atoms with Crippen molar-refractivity contribution in [3.63, 3.8) is 0 Å². The number of carbonyl (C=O) groups is 1. The second-order valence-electron chi connectivity index (χ2n) is 4.08. The van der Waals surface area contributed by atoms with Crippen LogP contribution in [0.3, 0.4) is 0 Å². The monoisotopic (exact) mass is 291 g/mol. The fourth-order valence-electron chi connectivity index (χ4n) is 1.49.